The highest BCUT2D eigenvalue weighted by Gasteiger charge is 2.21. The van der Waals surface area contributed by atoms with Gasteiger partial charge < -0.3 is 15.5 Å². The number of hydrogen-bond donors (Lipinski definition) is 2. The van der Waals surface area contributed by atoms with Gasteiger partial charge in [0.25, 0.3) is 0 Å². The molecule has 1 amide bonds. The molecule has 2 fully saturated rings. The first-order chi connectivity index (χ1) is 7.36. The lowest BCUT2D eigenvalue weighted by Crippen LogP contribution is -2.40. The lowest BCUT2D eigenvalue weighted by molar-refractivity contribution is -0.131. The number of nitrogens with zero attached hydrogens (tertiary/aromatic N) is 1. The molecule has 0 aromatic rings. The van der Waals surface area contributed by atoms with Crippen molar-refractivity contribution in [1.29, 1.82) is 0 Å². The summed E-state index contributed by atoms with van der Waals surface area (Å²) in [5.41, 5.74) is 0. The van der Waals surface area contributed by atoms with Gasteiger partial charge in [-0.2, -0.15) is 0 Å². The number of carbonyl (C=O) groups excluding carboxylic acids is 1. The predicted molar refractivity (Wildman–Crippen MR) is 59.7 cm³/mol. The molecule has 0 unspecified atom stereocenters. The molecule has 4 nitrogen and oxygen atoms in total. The Morgan fingerprint density at radius 3 is 2.67 bits per heavy atom. The van der Waals surface area contributed by atoms with E-state index in [1.54, 1.807) is 0 Å². The number of carbonyl (C=O) groups is 1. The molecule has 0 bridgehead atoms. The maximum absolute atomic E-state index is 11.8. The first-order valence-electron chi connectivity index (χ1n) is 6.05. The second kappa shape index (κ2) is 5.47. The summed E-state index contributed by atoms with van der Waals surface area (Å²) in [6.07, 6.45) is 3.11. The SMILES string of the molecule is O=C1CCNCCN1CC1CCNCC1. The molecule has 2 heterocycles. The zero-order valence-electron chi connectivity index (χ0n) is 9.30. The Morgan fingerprint density at radius 1 is 1.13 bits per heavy atom. The Morgan fingerprint density at radius 2 is 1.87 bits per heavy atom. The quantitative estimate of drug-likeness (QED) is 0.665. The maximum Gasteiger partial charge on any atom is 0.223 e. The van der Waals surface area contributed by atoms with E-state index in [0.29, 0.717) is 18.2 Å². The van der Waals surface area contributed by atoms with Crippen LogP contribution in [0.4, 0.5) is 0 Å². The van der Waals surface area contributed by atoms with Gasteiger partial charge >= 0.3 is 0 Å². The maximum atomic E-state index is 11.8. The van der Waals surface area contributed by atoms with Crippen LogP contribution in [0.1, 0.15) is 19.3 Å². The van der Waals surface area contributed by atoms with Gasteiger partial charge in [-0.25, -0.2) is 0 Å². The Kier molecular flexibility index (Phi) is 3.97. The molecule has 0 saturated carbocycles. The van der Waals surface area contributed by atoms with Gasteiger partial charge in [0.15, 0.2) is 0 Å². The molecule has 0 atom stereocenters. The van der Waals surface area contributed by atoms with E-state index in [-0.39, 0.29) is 0 Å². The van der Waals surface area contributed by atoms with Gasteiger partial charge in [0, 0.05) is 32.6 Å². The average molecular weight is 211 g/mol. The van der Waals surface area contributed by atoms with Crippen LogP contribution in [0.2, 0.25) is 0 Å². The number of hydrogen-bond acceptors (Lipinski definition) is 3. The van der Waals surface area contributed by atoms with Crippen molar-refractivity contribution in [3.05, 3.63) is 0 Å². The average Bonchev–Trinajstić information content (AvgIpc) is 2.46. The Labute approximate surface area is 91.4 Å². The molecule has 4 heteroatoms. The van der Waals surface area contributed by atoms with Gasteiger partial charge in [-0.1, -0.05) is 0 Å². The predicted octanol–water partition coefficient (Wildman–Crippen LogP) is -0.192. The molecule has 2 rings (SSSR count). The fraction of sp³-hybridized carbons (Fsp3) is 0.909. The summed E-state index contributed by atoms with van der Waals surface area (Å²) in [6.45, 7) is 5.90. The van der Waals surface area contributed by atoms with Crippen molar-refractivity contribution >= 4 is 5.91 Å². The lowest BCUT2D eigenvalue weighted by atomic mass is 9.97. The van der Waals surface area contributed by atoms with Crippen molar-refractivity contribution in [1.82, 2.24) is 15.5 Å². The summed E-state index contributed by atoms with van der Waals surface area (Å²) < 4.78 is 0. The van der Waals surface area contributed by atoms with E-state index in [1.807, 2.05) is 0 Å². The lowest BCUT2D eigenvalue weighted by Gasteiger charge is -2.29. The smallest absolute Gasteiger partial charge is 0.223 e. The molecular formula is C11H21N3O. The van der Waals surface area contributed by atoms with Crippen LogP contribution >= 0.6 is 0 Å². The molecule has 0 aromatic heterocycles. The minimum absolute atomic E-state index is 0.332. The first kappa shape index (κ1) is 10.9. The number of rotatable bonds is 2. The summed E-state index contributed by atoms with van der Waals surface area (Å²) in [5, 5.41) is 6.63. The second-order valence-corrected chi connectivity index (χ2v) is 4.53. The molecule has 0 aliphatic carbocycles. The topological polar surface area (TPSA) is 44.4 Å². The van der Waals surface area contributed by atoms with Crippen LogP contribution < -0.4 is 10.6 Å². The van der Waals surface area contributed by atoms with Crippen molar-refractivity contribution < 1.29 is 4.79 Å². The molecule has 2 N–H and O–H groups in total. The van der Waals surface area contributed by atoms with Crippen LogP contribution in [-0.4, -0.2) is 50.1 Å². The van der Waals surface area contributed by atoms with Gasteiger partial charge in [0.05, 0.1) is 0 Å². The summed E-state index contributed by atoms with van der Waals surface area (Å²) in [6, 6.07) is 0. The summed E-state index contributed by atoms with van der Waals surface area (Å²) >= 11 is 0. The molecular weight excluding hydrogens is 190 g/mol. The summed E-state index contributed by atoms with van der Waals surface area (Å²) in [4.78, 5) is 13.8. The van der Waals surface area contributed by atoms with Crippen LogP contribution in [0.3, 0.4) is 0 Å². The molecule has 2 aliphatic rings. The van der Waals surface area contributed by atoms with E-state index >= 15 is 0 Å². The third-order valence-corrected chi connectivity index (χ3v) is 3.36. The summed E-state index contributed by atoms with van der Waals surface area (Å²) in [5.74, 6) is 1.05. The van der Waals surface area contributed by atoms with Crippen LogP contribution in [0, 0.1) is 5.92 Å². The number of amides is 1. The van der Waals surface area contributed by atoms with Crippen molar-refractivity contribution in [3.63, 3.8) is 0 Å². The van der Waals surface area contributed by atoms with Crippen LogP contribution in [-0.2, 0) is 4.79 Å². The van der Waals surface area contributed by atoms with E-state index in [2.05, 4.69) is 15.5 Å². The molecule has 0 radical (unpaired) electrons. The van der Waals surface area contributed by atoms with Crippen LogP contribution in [0.5, 0.6) is 0 Å². The molecule has 2 aliphatic heterocycles. The highest BCUT2D eigenvalue weighted by atomic mass is 16.2. The Balaban J connectivity index is 1.82. The van der Waals surface area contributed by atoms with Crippen LogP contribution in [0.15, 0.2) is 0 Å². The minimum atomic E-state index is 0.332. The zero-order valence-corrected chi connectivity index (χ0v) is 9.30. The standard InChI is InChI=1S/C11H21N3O/c15-11-3-6-13-7-8-14(11)9-10-1-4-12-5-2-10/h10,12-13H,1-9H2. The highest BCUT2D eigenvalue weighted by Crippen LogP contribution is 2.14. The Bertz CT molecular complexity index is 214. The van der Waals surface area contributed by atoms with Gasteiger partial charge in [0.2, 0.25) is 5.91 Å². The Hall–Kier alpha value is -0.610. The third-order valence-electron chi connectivity index (χ3n) is 3.36. The molecule has 2 saturated heterocycles. The second-order valence-electron chi connectivity index (χ2n) is 4.53. The van der Waals surface area contributed by atoms with E-state index < -0.39 is 0 Å². The van der Waals surface area contributed by atoms with Gasteiger partial charge in [-0.05, 0) is 31.8 Å². The third kappa shape index (κ3) is 3.18. The largest absolute Gasteiger partial charge is 0.341 e. The van der Waals surface area contributed by atoms with Gasteiger partial charge in [-0.3, -0.25) is 4.79 Å². The van der Waals surface area contributed by atoms with Crippen LogP contribution in [0.25, 0.3) is 0 Å². The van der Waals surface area contributed by atoms with E-state index in [4.69, 9.17) is 0 Å². The van der Waals surface area contributed by atoms with E-state index in [1.165, 1.54) is 12.8 Å². The summed E-state index contributed by atoms with van der Waals surface area (Å²) in [7, 11) is 0. The van der Waals surface area contributed by atoms with E-state index in [9.17, 15) is 4.79 Å². The minimum Gasteiger partial charge on any atom is -0.341 e. The molecule has 0 aromatic carbocycles. The van der Waals surface area contributed by atoms with Crippen molar-refractivity contribution in [2.75, 3.05) is 39.3 Å². The highest BCUT2D eigenvalue weighted by molar-refractivity contribution is 5.76. The fourth-order valence-corrected chi connectivity index (χ4v) is 2.39. The van der Waals surface area contributed by atoms with E-state index in [0.717, 1.165) is 39.3 Å². The zero-order chi connectivity index (χ0) is 10.5. The number of piperidine rings is 1. The monoisotopic (exact) mass is 211 g/mol. The first-order valence-corrected chi connectivity index (χ1v) is 6.05. The van der Waals surface area contributed by atoms with Gasteiger partial charge in [0.1, 0.15) is 0 Å². The van der Waals surface area contributed by atoms with Gasteiger partial charge in [-0.15, -0.1) is 0 Å². The normalized spacial score (nSPS) is 25.3. The van der Waals surface area contributed by atoms with Crippen molar-refractivity contribution in [3.8, 4) is 0 Å². The number of nitrogens with one attached hydrogen (secondary N) is 2. The molecule has 0 spiro atoms. The molecule has 86 valence electrons. The fourth-order valence-electron chi connectivity index (χ4n) is 2.39. The van der Waals surface area contributed by atoms with Crippen molar-refractivity contribution in [2.24, 2.45) is 5.92 Å². The molecule has 15 heavy (non-hydrogen) atoms. The van der Waals surface area contributed by atoms with Crippen molar-refractivity contribution in [2.45, 2.75) is 19.3 Å².